The van der Waals surface area contributed by atoms with Gasteiger partial charge < -0.3 is 9.88 Å². The number of nitro groups is 1. The molecule has 1 saturated carbocycles. The molecule has 0 bridgehead atoms. The highest BCUT2D eigenvalue weighted by Gasteiger charge is 2.27. The molecule has 0 aliphatic heterocycles. The summed E-state index contributed by atoms with van der Waals surface area (Å²) in [4.78, 5) is 10.5. The van der Waals surface area contributed by atoms with Gasteiger partial charge >= 0.3 is 5.69 Å². The number of hydrogen-bond acceptors (Lipinski definition) is 8. The third kappa shape index (κ3) is 2.95. The van der Waals surface area contributed by atoms with E-state index in [9.17, 15) is 18.5 Å². The van der Waals surface area contributed by atoms with E-state index in [0.717, 1.165) is 36.5 Å². The molecule has 1 N–H and O–H groups in total. The Morgan fingerprint density at radius 1 is 1.55 bits per heavy atom. The summed E-state index contributed by atoms with van der Waals surface area (Å²) in [5, 5.41) is 22.0. The van der Waals surface area contributed by atoms with Gasteiger partial charge in [-0.25, -0.2) is 8.42 Å². The van der Waals surface area contributed by atoms with Crippen molar-refractivity contribution in [1.29, 1.82) is 0 Å². The molecule has 0 spiro atoms. The molecule has 0 aromatic carbocycles. The largest absolute Gasteiger partial charge is 0.364 e. The van der Waals surface area contributed by atoms with Crippen LogP contribution in [0.2, 0.25) is 0 Å². The van der Waals surface area contributed by atoms with Gasteiger partial charge in [0.1, 0.15) is 10.5 Å². The highest BCUT2D eigenvalue weighted by atomic mass is 32.2. The van der Waals surface area contributed by atoms with Crippen molar-refractivity contribution in [2.45, 2.75) is 29.6 Å². The molecule has 1 aliphatic carbocycles. The normalized spacial score (nSPS) is 15.0. The monoisotopic (exact) mass is 343 g/mol. The molecule has 0 atom stereocenters. The molecule has 2 heterocycles. The van der Waals surface area contributed by atoms with E-state index < -0.39 is 14.8 Å². The smallest absolute Gasteiger partial charge is 0.304 e. The fraction of sp³-hybridized carbons (Fsp3) is 0.455. The van der Waals surface area contributed by atoms with Crippen LogP contribution in [-0.2, 0) is 16.4 Å². The Morgan fingerprint density at radius 3 is 2.86 bits per heavy atom. The van der Waals surface area contributed by atoms with Crippen molar-refractivity contribution in [2.75, 3.05) is 11.6 Å². The number of rotatable bonds is 6. The molecule has 11 heteroatoms. The Balaban J connectivity index is 1.83. The van der Waals surface area contributed by atoms with Crippen molar-refractivity contribution < 1.29 is 13.3 Å². The van der Waals surface area contributed by atoms with Crippen molar-refractivity contribution in [3.63, 3.8) is 0 Å². The fourth-order valence-corrected chi connectivity index (χ4v) is 3.95. The molecule has 0 radical (unpaired) electrons. The maximum Gasteiger partial charge on any atom is 0.304 e. The minimum absolute atomic E-state index is 0.0367. The van der Waals surface area contributed by atoms with E-state index in [4.69, 9.17) is 0 Å². The first-order valence-electron chi connectivity index (χ1n) is 6.47. The second-order valence-electron chi connectivity index (χ2n) is 5.05. The maximum absolute atomic E-state index is 11.5. The number of anilines is 1. The van der Waals surface area contributed by atoms with Crippen LogP contribution in [-0.4, -0.2) is 34.4 Å². The Labute approximate surface area is 130 Å². The Bertz CT molecular complexity index is 821. The van der Waals surface area contributed by atoms with Crippen LogP contribution in [0.15, 0.2) is 16.6 Å². The third-order valence-electron chi connectivity index (χ3n) is 3.25. The van der Waals surface area contributed by atoms with Gasteiger partial charge in [0.05, 0.1) is 11.5 Å². The van der Waals surface area contributed by atoms with E-state index in [1.54, 1.807) is 6.33 Å². The van der Waals surface area contributed by atoms with Crippen LogP contribution in [0.3, 0.4) is 0 Å². The number of hydrogen-bond donors (Lipinski definition) is 1. The highest BCUT2D eigenvalue weighted by Crippen LogP contribution is 2.38. The first kappa shape index (κ1) is 14.9. The molecule has 3 rings (SSSR count). The molecule has 0 amide bonds. The van der Waals surface area contributed by atoms with Crippen LogP contribution in [0.4, 0.5) is 10.7 Å². The number of sulfone groups is 1. The summed E-state index contributed by atoms with van der Waals surface area (Å²) in [7, 11) is -3.48. The summed E-state index contributed by atoms with van der Waals surface area (Å²) < 4.78 is 25.0. The topological polar surface area (TPSA) is 120 Å². The summed E-state index contributed by atoms with van der Waals surface area (Å²) in [5.41, 5.74) is -0.247. The zero-order valence-electron chi connectivity index (χ0n) is 11.6. The minimum Gasteiger partial charge on any atom is -0.364 e. The van der Waals surface area contributed by atoms with Crippen molar-refractivity contribution in [3.05, 3.63) is 28.3 Å². The molecule has 0 unspecified atom stereocenters. The van der Waals surface area contributed by atoms with Crippen molar-refractivity contribution in [3.8, 4) is 0 Å². The van der Waals surface area contributed by atoms with Crippen LogP contribution in [0.5, 0.6) is 0 Å². The zero-order valence-corrected chi connectivity index (χ0v) is 13.2. The summed E-state index contributed by atoms with van der Waals surface area (Å²) in [6.07, 6.45) is 4.81. The number of thiophene rings is 1. The molecule has 1 fully saturated rings. The van der Waals surface area contributed by atoms with E-state index in [1.165, 1.54) is 0 Å². The van der Waals surface area contributed by atoms with E-state index in [2.05, 4.69) is 15.5 Å². The van der Waals surface area contributed by atoms with Crippen LogP contribution in [0, 0.1) is 10.1 Å². The van der Waals surface area contributed by atoms with Gasteiger partial charge in [-0.15, -0.1) is 10.2 Å². The van der Waals surface area contributed by atoms with Crippen molar-refractivity contribution >= 4 is 31.9 Å². The summed E-state index contributed by atoms with van der Waals surface area (Å²) >= 11 is 0.848. The third-order valence-corrected chi connectivity index (χ3v) is 6.13. The van der Waals surface area contributed by atoms with Crippen LogP contribution in [0.1, 0.15) is 24.7 Å². The number of aromatic nitrogens is 3. The predicted molar refractivity (Wildman–Crippen MR) is 79.7 cm³/mol. The SMILES string of the molecule is CS(=O)(=O)c1cc([N+](=O)[O-])c(NCc2nncn2C2CC2)s1. The molecule has 1 aliphatic rings. The summed E-state index contributed by atoms with van der Waals surface area (Å²) in [6.45, 7) is 0.251. The predicted octanol–water partition coefficient (Wildman–Crippen LogP) is 1.60. The maximum atomic E-state index is 11.5. The standard InChI is InChI=1S/C11H13N5O4S2/c1-22(19,20)10-4-8(16(17)18)11(21-10)12-5-9-14-13-6-15(9)7-2-3-7/h4,6-7,12H,2-3,5H2,1H3. The molecule has 22 heavy (non-hydrogen) atoms. The first-order valence-corrected chi connectivity index (χ1v) is 9.17. The Kier molecular flexibility index (Phi) is 3.60. The van der Waals surface area contributed by atoms with Gasteiger partial charge in [0.25, 0.3) is 0 Å². The van der Waals surface area contributed by atoms with Gasteiger partial charge in [-0.1, -0.05) is 11.3 Å². The molecular weight excluding hydrogens is 330 g/mol. The molecule has 118 valence electrons. The number of nitrogens with zero attached hydrogens (tertiary/aromatic N) is 4. The Hall–Kier alpha value is -2.01. The van der Waals surface area contributed by atoms with Gasteiger partial charge in [-0.3, -0.25) is 10.1 Å². The van der Waals surface area contributed by atoms with Crippen molar-refractivity contribution in [2.24, 2.45) is 0 Å². The quantitative estimate of drug-likeness (QED) is 0.624. The summed E-state index contributed by atoms with van der Waals surface area (Å²) in [5.74, 6) is 0.672. The lowest BCUT2D eigenvalue weighted by atomic mass is 10.4. The van der Waals surface area contributed by atoms with Crippen LogP contribution < -0.4 is 5.32 Å². The van der Waals surface area contributed by atoms with Gasteiger partial charge in [0.15, 0.2) is 20.7 Å². The Morgan fingerprint density at radius 2 is 2.27 bits per heavy atom. The molecule has 2 aromatic heterocycles. The lowest BCUT2D eigenvalue weighted by Crippen LogP contribution is -2.07. The lowest BCUT2D eigenvalue weighted by molar-refractivity contribution is -0.383. The molecular formula is C11H13N5O4S2. The number of nitrogens with one attached hydrogen (secondary N) is 1. The first-order chi connectivity index (χ1) is 10.4. The molecule has 2 aromatic rings. The molecule has 9 nitrogen and oxygen atoms in total. The average Bonchev–Trinajstić information content (AvgIpc) is 3.00. The lowest BCUT2D eigenvalue weighted by Gasteiger charge is -2.05. The summed E-state index contributed by atoms with van der Waals surface area (Å²) in [6, 6.07) is 1.48. The van der Waals surface area contributed by atoms with Crippen LogP contribution >= 0.6 is 11.3 Å². The van der Waals surface area contributed by atoms with Gasteiger partial charge in [0.2, 0.25) is 0 Å². The van der Waals surface area contributed by atoms with E-state index in [0.29, 0.717) is 11.9 Å². The molecule has 0 saturated heterocycles. The van der Waals surface area contributed by atoms with Gasteiger partial charge in [0, 0.05) is 18.4 Å². The minimum atomic E-state index is -3.48. The van der Waals surface area contributed by atoms with E-state index in [-0.39, 0.29) is 21.4 Å². The second kappa shape index (κ2) is 5.32. The fourth-order valence-electron chi connectivity index (χ4n) is 2.01. The van der Waals surface area contributed by atoms with Gasteiger partial charge in [-0.05, 0) is 12.8 Å². The van der Waals surface area contributed by atoms with Crippen LogP contribution in [0.25, 0.3) is 0 Å². The average molecular weight is 343 g/mol. The zero-order chi connectivity index (χ0) is 15.9. The van der Waals surface area contributed by atoms with Gasteiger partial charge in [-0.2, -0.15) is 0 Å². The second-order valence-corrected chi connectivity index (χ2v) is 8.34. The van der Waals surface area contributed by atoms with E-state index >= 15 is 0 Å². The highest BCUT2D eigenvalue weighted by molar-refractivity contribution is 7.92. The van der Waals surface area contributed by atoms with E-state index in [1.807, 2.05) is 4.57 Å². The van der Waals surface area contributed by atoms with Crippen molar-refractivity contribution in [1.82, 2.24) is 14.8 Å².